The van der Waals surface area contributed by atoms with Crippen LogP contribution in [0.3, 0.4) is 0 Å². The minimum atomic E-state index is -0.0809. The van der Waals surface area contributed by atoms with Crippen LogP contribution in [0.1, 0.15) is 5.69 Å². The zero-order valence-electron chi connectivity index (χ0n) is 13.2. The van der Waals surface area contributed by atoms with Gasteiger partial charge in [0.05, 0.1) is 12.1 Å². The molecule has 0 saturated carbocycles. The van der Waals surface area contributed by atoms with Crippen molar-refractivity contribution in [1.82, 2.24) is 9.88 Å². The molecule has 0 aliphatic carbocycles. The first-order chi connectivity index (χ1) is 11.1. The number of hydrogen-bond acceptors (Lipinski definition) is 6. The molecule has 23 heavy (non-hydrogen) atoms. The zero-order valence-corrected chi connectivity index (χ0v) is 14.0. The van der Waals surface area contributed by atoms with Crippen LogP contribution in [0, 0.1) is 0 Å². The van der Waals surface area contributed by atoms with Gasteiger partial charge >= 0.3 is 0 Å². The Kier molecular flexibility index (Phi) is 4.78. The standard InChI is InChI=1S/C16H21N5OS/c1-20-6-8-21(9-7-20)14-4-2-12(3-5-14)18-15(22)10-13-11-23-16(17)19-13/h2-5,11H,6-10H2,1H3,(H2,17,19)(H,18,22). The Balaban J connectivity index is 1.55. The molecule has 0 unspecified atom stereocenters. The number of carbonyl (C=O) groups is 1. The summed E-state index contributed by atoms with van der Waals surface area (Å²) in [6.45, 7) is 4.23. The van der Waals surface area contributed by atoms with E-state index in [4.69, 9.17) is 5.73 Å². The molecule has 1 aliphatic rings. The predicted octanol–water partition coefficient (Wildman–Crippen LogP) is 1.66. The molecule has 0 atom stereocenters. The number of rotatable bonds is 4. The Morgan fingerprint density at radius 2 is 1.96 bits per heavy atom. The Hall–Kier alpha value is -2.12. The van der Waals surface area contributed by atoms with Crippen LogP contribution in [0.15, 0.2) is 29.6 Å². The number of carbonyl (C=O) groups excluding carboxylic acids is 1. The average Bonchev–Trinajstić information content (AvgIpc) is 2.94. The lowest BCUT2D eigenvalue weighted by atomic mass is 10.2. The number of nitrogen functional groups attached to an aromatic ring is 1. The molecule has 7 heteroatoms. The van der Waals surface area contributed by atoms with Crippen molar-refractivity contribution in [2.45, 2.75) is 6.42 Å². The molecule has 6 nitrogen and oxygen atoms in total. The van der Waals surface area contributed by atoms with E-state index in [1.165, 1.54) is 17.0 Å². The van der Waals surface area contributed by atoms with Gasteiger partial charge in [-0.1, -0.05) is 0 Å². The van der Waals surface area contributed by atoms with Gasteiger partial charge in [-0.05, 0) is 31.3 Å². The molecular weight excluding hydrogens is 310 g/mol. The van der Waals surface area contributed by atoms with E-state index in [1.54, 1.807) is 0 Å². The molecular formula is C16H21N5OS. The number of likely N-dealkylation sites (N-methyl/N-ethyl adjacent to an activating group) is 1. The molecule has 1 fully saturated rings. The minimum Gasteiger partial charge on any atom is -0.375 e. The van der Waals surface area contributed by atoms with Crippen LogP contribution in [0.25, 0.3) is 0 Å². The number of aromatic nitrogens is 1. The van der Waals surface area contributed by atoms with E-state index in [9.17, 15) is 4.79 Å². The van der Waals surface area contributed by atoms with E-state index in [2.05, 4.69) is 39.3 Å². The number of piperazine rings is 1. The number of benzene rings is 1. The van der Waals surface area contributed by atoms with Crippen LogP contribution in [0.4, 0.5) is 16.5 Å². The third-order valence-electron chi connectivity index (χ3n) is 3.93. The Morgan fingerprint density at radius 1 is 1.26 bits per heavy atom. The summed E-state index contributed by atoms with van der Waals surface area (Å²) in [6, 6.07) is 8.01. The van der Waals surface area contributed by atoms with Gasteiger partial charge in [0.25, 0.3) is 0 Å². The topological polar surface area (TPSA) is 74.5 Å². The van der Waals surface area contributed by atoms with E-state index in [0.717, 1.165) is 31.9 Å². The van der Waals surface area contributed by atoms with Crippen molar-refractivity contribution in [1.29, 1.82) is 0 Å². The number of hydrogen-bond donors (Lipinski definition) is 2. The summed E-state index contributed by atoms with van der Waals surface area (Å²) >= 11 is 1.35. The minimum absolute atomic E-state index is 0.0809. The summed E-state index contributed by atoms with van der Waals surface area (Å²) in [5, 5.41) is 5.20. The molecule has 1 amide bonds. The molecule has 122 valence electrons. The fraction of sp³-hybridized carbons (Fsp3) is 0.375. The fourth-order valence-corrected chi connectivity index (χ4v) is 3.16. The molecule has 3 N–H and O–H groups in total. The maximum absolute atomic E-state index is 12.0. The number of nitrogens with two attached hydrogens (primary N) is 1. The normalized spacial score (nSPS) is 15.6. The van der Waals surface area contributed by atoms with Gasteiger partial charge in [0.1, 0.15) is 0 Å². The van der Waals surface area contributed by atoms with Gasteiger partial charge in [-0.25, -0.2) is 4.98 Å². The second kappa shape index (κ2) is 6.97. The van der Waals surface area contributed by atoms with Gasteiger partial charge in [-0.3, -0.25) is 4.79 Å². The first-order valence-electron chi connectivity index (χ1n) is 7.63. The summed E-state index contributed by atoms with van der Waals surface area (Å²) in [5.74, 6) is -0.0809. The maximum Gasteiger partial charge on any atom is 0.230 e. The van der Waals surface area contributed by atoms with E-state index >= 15 is 0 Å². The van der Waals surface area contributed by atoms with Gasteiger partial charge < -0.3 is 20.9 Å². The smallest absolute Gasteiger partial charge is 0.230 e. The van der Waals surface area contributed by atoms with Crippen molar-refractivity contribution in [3.05, 3.63) is 35.3 Å². The molecule has 3 rings (SSSR count). The number of amides is 1. The number of thiazole rings is 1. The lowest BCUT2D eigenvalue weighted by molar-refractivity contribution is -0.115. The zero-order chi connectivity index (χ0) is 16.2. The SMILES string of the molecule is CN1CCN(c2ccc(NC(=O)Cc3csc(N)n3)cc2)CC1. The first-order valence-corrected chi connectivity index (χ1v) is 8.51. The summed E-state index contributed by atoms with van der Waals surface area (Å²) in [7, 11) is 2.14. The highest BCUT2D eigenvalue weighted by Crippen LogP contribution is 2.19. The van der Waals surface area contributed by atoms with Crippen molar-refractivity contribution < 1.29 is 4.79 Å². The van der Waals surface area contributed by atoms with Crippen LogP contribution in [0.5, 0.6) is 0 Å². The second-order valence-electron chi connectivity index (χ2n) is 5.74. The quantitative estimate of drug-likeness (QED) is 0.891. The Bertz CT molecular complexity index is 661. The molecule has 2 aromatic rings. The molecule has 1 aromatic heterocycles. The highest BCUT2D eigenvalue weighted by molar-refractivity contribution is 7.13. The first kappa shape index (κ1) is 15.8. The third kappa shape index (κ3) is 4.20. The van der Waals surface area contributed by atoms with Gasteiger partial charge in [0.15, 0.2) is 5.13 Å². The van der Waals surface area contributed by atoms with Gasteiger partial charge in [0, 0.05) is 42.9 Å². The van der Waals surface area contributed by atoms with Crippen molar-refractivity contribution in [3.8, 4) is 0 Å². The summed E-state index contributed by atoms with van der Waals surface area (Å²) < 4.78 is 0. The van der Waals surface area contributed by atoms with E-state index in [1.807, 2.05) is 17.5 Å². The van der Waals surface area contributed by atoms with Crippen molar-refractivity contribution >= 4 is 33.8 Å². The molecule has 1 aromatic carbocycles. The summed E-state index contributed by atoms with van der Waals surface area (Å²) in [5.41, 5.74) is 8.28. The van der Waals surface area contributed by atoms with Crippen molar-refractivity contribution in [2.75, 3.05) is 49.2 Å². The molecule has 1 saturated heterocycles. The number of nitrogens with one attached hydrogen (secondary N) is 1. The number of anilines is 3. The Morgan fingerprint density at radius 3 is 2.57 bits per heavy atom. The van der Waals surface area contributed by atoms with Crippen LogP contribution in [-0.2, 0) is 11.2 Å². The van der Waals surface area contributed by atoms with Crippen LogP contribution in [-0.4, -0.2) is 49.0 Å². The van der Waals surface area contributed by atoms with Gasteiger partial charge in [0.2, 0.25) is 5.91 Å². The lowest BCUT2D eigenvalue weighted by Gasteiger charge is -2.34. The largest absolute Gasteiger partial charge is 0.375 e. The predicted molar refractivity (Wildman–Crippen MR) is 95.0 cm³/mol. The molecule has 0 spiro atoms. The maximum atomic E-state index is 12.0. The highest BCUT2D eigenvalue weighted by atomic mass is 32.1. The van der Waals surface area contributed by atoms with Crippen LogP contribution < -0.4 is 16.0 Å². The monoisotopic (exact) mass is 331 g/mol. The van der Waals surface area contributed by atoms with Crippen LogP contribution in [0.2, 0.25) is 0 Å². The fourth-order valence-electron chi connectivity index (χ4n) is 2.59. The average molecular weight is 331 g/mol. The van der Waals surface area contributed by atoms with E-state index < -0.39 is 0 Å². The van der Waals surface area contributed by atoms with Crippen molar-refractivity contribution in [2.24, 2.45) is 0 Å². The Labute approximate surface area is 139 Å². The van der Waals surface area contributed by atoms with E-state index in [0.29, 0.717) is 10.8 Å². The molecule has 0 radical (unpaired) electrons. The summed E-state index contributed by atoms with van der Waals surface area (Å²) in [4.78, 5) is 20.8. The van der Waals surface area contributed by atoms with Crippen LogP contribution >= 0.6 is 11.3 Å². The lowest BCUT2D eigenvalue weighted by Crippen LogP contribution is -2.44. The molecule has 1 aliphatic heterocycles. The summed E-state index contributed by atoms with van der Waals surface area (Å²) in [6.07, 6.45) is 0.244. The van der Waals surface area contributed by atoms with E-state index in [-0.39, 0.29) is 12.3 Å². The van der Waals surface area contributed by atoms with Crippen molar-refractivity contribution in [3.63, 3.8) is 0 Å². The molecule has 0 bridgehead atoms. The van der Waals surface area contributed by atoms with Gasteiger partial charge in [-0.15, -0.1) is 11.3 Å². The number of nitrogens with zero attached hydrogens (tertiary/aromatic N) is 3. The second-order valence-corrected chi connectivity index (χ2v) is 6.63. The highest BCUT2D eigenvalue weighted by Gasteiger charge is 2.14. The molecule has 2 heterocycles. The van der Waals surface area contributed by atoms with Gasteiger partial charge in [-0.2, -0.15) is 0 Å². The third-order valence-corrected chi connectivity index (χ3v) is 4.65.